The number of nitrogen functional groups attached to an aromatic ring is 1. The van der Waals surface area contributed by atoms with E-state index in [4.69, 9.17) is 5.84 Å². The molecule has 1 aromatic heterocycles. The molecule has 3 N–H and O–H groups in total. The van der Waals surface area contributed by atoms with Crippen molar-refractivity contribution < 1.29 is 0 Å². The van der Waals surface area contributed by atoms with Crippen molar-refractivity contribution in [3.8, 4) is 0 Å². The summed E-state index contributed by atoms with van der Waals surface area (Å²) in [6, 6.07) is 4.70. The summed E-state index contributed by atoms with van der Waals surface area (Å²) in [5.74, 6) is 6.27. The number of nitrogens with two attached hydrogens (primary N) is 1. The SMILES string of the molecule is CN(C)C1CCCN(Cc2cccnc2NN)C1. The van der Waals surface area contributed by atoms with Crippen LogP contribution >= 0.6 is 0 Å². The minimum atomic E-state index is 0.657. The molecule has 5 nitrogen and oxygen atoms in total. The molecular weight excluding hydrogens is 226 g/mol. The molecule has 1 saturated heterocycles. The van der Waals surface area contributed by atoms with Crippen LogP contribution in [0.5, 0.6) is 0 Å². The summed E-state index contributed by atoms with van der Waals surface area (Å²) in [5, 5.41) is 0. The van der Waals surface area contributed by atoms with Crippen molar-refractivity contribution in [1.82, 2.24) is 14.8 Å². The van der Waals surface area contributed by atoms with Gasteiger partial charge in [-0.3, -0.25) is 4.90 Å². The lowest BCUT2D eigenvalue weighted by molar-refractivity contribution is 0.128. The van der Waals surface area contributed by atoms with E-state index in [-0.39, 0.29) is 0 Å². The molecule has 0 radical (unpaired) electrons. The number of rotatable bonds is 4. The Labute approximate surface area is 109 Å². The first-order chi connectivity index (χ1) is 8.70. The average molecular weight is 249 g/mol. The number of likely N-dealkylation sites (tertiary alicyclic amines) is 1. The quantitative estimate of drug-likeness (QED) is 0.613. The number of nitrogens with one attached hydrogen (secondary N) is 1. The number of likely N-dealkylation sites (N-methyl/N-ethyl adjacent to an activating group) is 1. The van der Waals surface area contributed by atoms with E-state index in [1.54, 1.807) is 6.20 Å². The predicted molar refractivity (Wildman–Crippen MR) is 74.0 cm³/mol. The van der Waals surface area contributed by atoms with Crippen LogP contribution in [0.25, 0.3) is 0 Å². The molecule has 2 heterocycles. The van der Waals surface area contributed by atoms with Crippen LogP contribution in [-0.4, -0.2) is 48.0 Å². The van der Waals surface area contributed by atoms with E-state index in [0.717, 1.165) is 25.5 Å². The number of aromatic nitrogens is 1. The molecule has 1 fully saturated rings. The second-order valence-electron chi connectivity index (χ2n) is 5.15. The topological polar surface area (TPSA) is 57.4 Å². The van der Waals surface area contributed by atoms with E-state index in [2.05, 4.69) is 40.4 Å². The molecule has 0 spiro atoms. The van der Waals surface area contributed by atoms with Crippen LogP contribution < -0.4 is 11.3 Å². The minimum absolute atomic E-state index is 0.657. The zero-order valence-corrected chi connectivity index (χ0v) is 11.3. The number of hydrogen-bond donors (Lipinski definition) is 2. The molecule has 0 aliphatic carbocycles. The number of hydrazine groups is 1. The standard InChI is InChI=1S/C13H23N5/c1-17(2)12-6-4-8-18(10-12)9-11-5-3-7-15-13(11)16-14/h3,5,7,12H,4,6,8-10,14H2,1-2H3,(H,15,16). The van der Waals surface area contributed by atoms with Gasteiger partial charge in [-0.25, -0.2) is 10.8 Å². The van der Waals surface area contributed by atoms with Crippen molar-refractivity contribution in [2.45, 2.75) is 25.4 Å². The van der Waals surface area contributed by atoms with Crippen molar-refractivity contribution in [3.63, 3.8) is 0 Å². The number of piperidine rings is 1. The Morgan fingerprint density at radius 3 is 3.11 bits per heavy atom. The molecule has 2 rings (SSSR count). The highest BCUT2D eigenvalue weighted by Crippen LogP contribution is 2.18. The Hall–Kier alpha value is -1.17. The molecule has 0 bridgehead atoms. The van der Waals surface area contributed by atoms with Gasteiger partial charge in [-0.1, -0.05) is 6.07 Å². The second kappa shape index (κ2) is 6.13. The number of anilines is 1. The van der Waals surface area contributed by atoms with Crippen molar-refractivity contribution in [3.05, 3.63) is 23.9 Å². The summed E-state index contributed by atoms with van der Waals surface area (Å²) in [4.78, 5) is 9.04. The summed E-state index contributed by atoms with van der Waals surface area (Å²) in [6.07, 6.45) is 4.31. The Balaban J connectivity index is 2.00. The van der Waals surface area contributed by atoms with Gasteiger partial charge in [0.15, 0.2) is 0 Å². The molecule has 1 atom stereocenters. The van der Waals surface area contributed by atoms with Crippen molar-refractivity contribution in [2.24, 2.45) is 5.84 Å². The van der Waals surface area contributed by atoms with Crippen LogP contribution in [-0.2, 0) is 6.54 Å². The monoisotopic (exact) mass is 249 g/mol. The Morgan fingerprint density at radius 2 is 2.39 bits per heavy atom. The fourth-order valence-electron chi connectivity index (χ4n) is 2.53. The molecule has 1 unspecified atom stereocenters. The van der Waals surface area contributed by atoms with Gasteiger partial charge in [0.1, 0.15) is 5.82 Å². The van der Waals surface area contributed by atoms with Gasteiger partial charge in [-0.2, -0.15) is 0 Å². The van der Waals surface area contributed by atoms with E-state index >= 15 is 0 Å². The molecule has 1 aromatic rings. The maximum Gasteiger partial charge on any atom is 0.144 e. The third kappa shape index (κ3) is 3.19. The molecule has 100 valence electrons. The highest BCUT2D eigenvalue weighted by molar-refractivity contribution is 5.42. The number of pyridine rings is 1. The number of nitrogens with zero attached hydrogens (tertiary/aromatic N) is 3. The van der Waals surface area contributed by atoms with Crippen molar-refractivity contribution in [2.75, 3.05) is 32.6 Å². The molecule has 0 aromatic carbocycles. The van der Waals surface area contributed by atoms with E-state index in [1.807, 2.05) is 6.07 Å². The zero-order chi connectivity index (χ0) is 13.0. The second-order valence-corrected chi connectivity index (χ2v) is 5.15. The maximum absolute atomic E-state index is 5.49. The third-order valence-corrected chi connectivity index (χ3v) is 3.63. The lowest BCUT2D eigenvalue weighted by Crippen LogP contribution is -2.44. The lowest BCUT2D eigenvalue weighted by atomic mass is 10.0. The molecule has 1 aliphatic rings. The maximum atomic E-state index is 5.49. The number of hydrogen-bond acceptors (Lipinski definition) is 5. The van der Waals surface area contributed by atoms with Crippen LogP contribution in [0.4, 0.5) is 5.82 Å². The van der Waals surface area contributed by atoms with Crippen molar-refractivity contribution in [1.29, 1.82) is 0 Å². The van der Waals surface area contributed by atoms with E-state index in [1.165, 1.54) is 18.4 Å². The van der Waals surface area contributed by atoms with Gasteiger partial charge in [-0.05, 0) is 39.5 Å². The summed E-state index contributed by atoms with van der Waals surface area (Å²) in [5.41, 5.74) is 3.84. The third-order valence-electron chi connectivity index (χ3n) is 3.63. The summed E-state index contributed by atoms with van der Waals surface area (Å²) in [6.45, 7) is 3.19. The summed E-state index contributed by atoms with van der Waals surface area (Å²) >= 11 is 0. The highest BCUT2D eigenvalue weighted by Gasteiger charge is 2.21. The first-order valence-corrected chi connectivity index (χ1v) is 6.50. The van der Waals surface area contributed by atoms with Crippen LogP contribution in [0.3, 0.4) is 0 Å². The van der Waals surface area contributed by atoms with Crippen LogP contribution in [0.1, 0.15) is 18.4 Å². The lowest BCUT2D eigenvalue weighted by Gasteiger charge is -2.36. The van der Waals surface area contributed by atoms with Gasteiger partial charge in [0, 0.05) is 30.9 Å². The van der Waals surface area contributed by atoms with Gasteiger partial charge in [0.25, 0.3) is 0 Å². The summed E-state index contributed by atoms with van der Waals surface area (Å²) < 4.78 is 0. The van der Waals surface area contributed by atoms with E-state index < -0.39 is 0 Å². The average Bonchev–Trinajstić information content (AvgIpc) is 2.39. The fourth-order valence-corrected chi connectivity index (χ4v) is 2.53. The van der Waals surface area contributed by atoms with E-state index in [9.17, 15) is 0 Å². The fraction of sp³-hybridized carbons (Fsp3) is 0.615. The molecule has 5 heteroatoms. The first kappa shape index (κ1) is 13.3. The van der Waals surface area contributed by atoms with Gasteiger partial charge >= 0.3 is 0 Å². The Kier molecular flexibility index (Phi) is 4.52. The Morgan fingerprint density at radius 1 is 1.56 bits per heavy atom. The molecular formula is C13H23N5. The van der Waals surface area contributed by atoms with Crippen LogP contribution in [0.2, 0.25) is 0 Å². The van der Waals surface area contributed by atoms with Crippen LogP contribution in [0, 0.1) is 0 Å². The Bertz CT molecular complexity index is 379. The van der Waals surface area contributed by atoms with Crippen LogP contribution in [0.15, 0.2) is 18.3 Å². The minimum Gasteiger partial charge on any atom is -0.308 e. The normalized spacial score (nSPS) is 21.2. The zero-order valence-electron chi connectivity index (χ0n) is 11.3. The largest absolute Gasteiger partial charge is 0.308 e. The van der Waals surface area contributed by atoms with Crippen molar-refractivity contribution >= 4 is 5.82 Å². The predicted octanol–water partition coefficient (Wildman–Crippen LogP) is 0.893. The van der Waals surface area contributed by atoms with E-state index in [0.29, 0.717) is 6.04 Å². The van der Waals surface area contributed by atoms with Gasteiger partial charge in [0.2, 0.25) is 0 Å². The van der Waals surface area contributed by atoms with Gasteiger partial charge in [0.05, 0.1) is 0 Å². The molecule has 18 heavy (non-hydrogen) atoms. The first-order valence-electron chi connectivity index (χ1n) is 6.50. The molecule has 1 aliphatic heterocycles. The molecule has 0 saturated carbocycles. The highest BCUT2D eigenvalue weighted by atomic mass is 15.3. The smallest absolute Gasteiger partial charge is 0.144 e. The van der Waals surface area contributed by atoms with Gasteiger partial charge < -0.3 is 10.3 Å². The van der Waals surface area contributed by atoms with Gasteiger partial charge in [-0.15, -0.1) is 0 Å². The summed E-state index contributed by atoms with van der Waals surface area (Å²) in [7, 11) is 4.32. The molecule has 0 amide bonds.